The summed E-state index contributed by atoms with van der Waals surface area (Å²) >= 11 is 12.3. The third kappa shape index (κ3) is 7.03. The Balaban J connectivity index is 2.13. The highest BCUT2D eigenvalue weighted by Gasteiger charge is 2.34. The molecule has 0 unspecified atom stereocenters. The van der Waals surface area contributed by atoms with Gasteiger partial charge in [-0.2, -0.15) is 0 Å². The first-order chi connectivity index (χ1) is 18.5. The summed E-state index contributed by atoms with van der Waals surface area (Å²) in [4.78, 5) is 28.2. The van der Waals surface area contributed by atoms with Crippen molar-refractivity contribution < 1.29 is 22.7 Å². The van der Waals surface area contributed by atoms with Crippen molar-refractivity contribution in [2.45, 2.75) is 37.8 Å². The quantitative estimate of drug-likeness (QED) is 0.336. The van der Waals surface area contributed by atoms with E-state index in [1.807, 2.05) is 6.92 Å². The van der Waals surface area contributed by atoms with Gasteiger partial charge in [-0.05, 0) is 60.9 Å². The number of aryl methyl sites for hydroxylation is 1. The van der Waals surface area contributed by atoms with Gasteiger partial charge in [0.1, 0.15) is 18.3 Å². The number of hydrogen-bond donors (Lipinski definition) is 1. The number of methoxy groups -OCH3 is 1. The lowest BCUT2D eigenvalue weighted by Crippen LogP contribution is -2.51. The van der Waals surface area contributed by atoms with Crippen molar-refractivity contribution in [1.82, 2.24) is 10.2 Å². The number of nitrogens with zero attached hydrogens (tertiary/aromatic N) is 2. The molecule has 1 atom stereocenters. The SMILES string of the molecule is CC[C@H](C(=O)NC)N(Cc1ccc(Cl)c(Cl)c1)C(=O)CN(c1cc(C)ccc1OC)S(=O)(=O)c1ccccc1. The van der Waals surface area contributed by atoms with Crippen LogP contribution in [0.15, 0.2) is 71.6 Å². The Labute approximate surface area is 239 Å². The molecule has 39 heavy (non-hydrogen) atoms. The predicted molar refractivity (Wildman–Crippen MR) is 154 cm³/mol. The van der Waals surface area contributed by atoms with Crippen molar-refractivity contribution in [3.05, 3.63) is 87.9 Å². The van der Waals surface area contributed by atoms with Gasteiger partial charge in [-0.15, -0.1) is 0 Å². The fourth-order valence-corrected chi connectivity index (χ4v) is 5.91. The molecule has 3 rings (SSSR count). The molecular formula is C28H31Cl2N3O5S. The van der Waals surface area contributed by atoms with Crippen LogP contribution in [0.4, 0.5) is 5.69 Å². The van der Waals surface area contributed by atoms with Crippen molar-refractivity contribution in [1.29, 1.82) is 0 Å². The number of carbonyl (C=O) groups is 2. The molecule has 1 N–H and O–H groups in total. The number of carbonyl (C=O) groups excluding carboxylic acids is 2. The van der Waals surface area contributed by atoms with Crippen LogP contribution < -0.4 is 14.4 Å². The van der Waals surface area contributed by atoms with Crippen molar-refractivity contribution in [2.75, 3.05) is 25.0 Å². The molecular weight excluding hydrogens is 561 g/mol. The summed E-state index contributed by atoms with van der Waals surface area (Å²) in [6.45, 7) is 3.02. The molecule has 0 aliphatic carbocycles. The molecule has 11 heteroatoms. The van der Waals surface area contributed by atoms with Gasteiger partial charge in [0, 0.05) is 13.6 Å². The molecule has 3 aromatic carbocycles. The van der Waals surface area contributed by atoms with Gasteiger partial charge in [0.15, 0.2) is 0 Å². The fraction of sp³-hybridized carbons (Fsp3) is 0.286. The first kappa shape index (κ1) is 30.3. The Kier molecular flexibility index (Phi) is 10.2. The number of benzene rings is 3. The lowest BCUT2D eigenvalue weighted by atomic mass is 10.1. The van der Waals surface area contributed by atoms with E-state index in [4.69, 9.17) is 27.9 Å². The maximum atomic E-state index is 14.0. The second-order valence-corrected chi connectivity index (χ2v) is 11.5. The average Bonchev–Trinajstić information content (AvgIpc) is 2.93. The van der Waals surface area contributed by atoms with Crippen LogP contribution in [0, 0.1) is 6.92 Å². The molecule has 0 saturated carbocycles. The molecule has 0 spiro atoms. The van der Waals surface area contributed by atoms with E-state index in [0.717, 1.165) is 9.87 Å². The standard InChI is InChI=1S/C28H31Cl2N3O5S/c1-5-24(28(35)31-3)32(17-20-12-13-22(29)23(30)16-20)27(34)18-33(25-15-19(2)11-14-26(25)38-4)39(36,37)21-9-7-6-8-10-21/h6-16,24H,5,17-18H2,1-4H3,(H,31,35)/t24-/m1/s1. The smallest absolute Gasteiger partial charge is 0.264 e. The summed E-state index contributed by atoms with van der Waals surface area (Å²) in [6.07, 6.45) is 0.298. The minimum atomic E-state index is -4.21. The van der Waals surface area contributed by atoms with Gasteiger partial charge in [-0.3, -0.25) is 13.9 Å². The van der Waals surface area contributed by atoms with Crippen LogP contribution in [0.5, 0.6) is 5.75 Å². The van der Waals surface area contributed by atoms with Gasteiger partial charge in [0.25, 0.3) is 10.0 Å². The van der Waals surface area contributed by atoms with Crippen LogP contribution in [-0.4, -0.2) is 51.9 Å². The van der Waals surface area contributed by atoms with E-state index in [1.54, 1.807) is 61.5 Å². The van der Waals surface area contributed by atoms with Crippen LogP contribution in [0.2, 0.25) is 10.0 Å². The van der Waals surface area contributed by atoms with E-state index in [1.165, 1.54) is 31.2 Å². The van der Waals surface area contributed by atoms with Crippen LogP contribution in [0.3, 0.4) is 0 Å². The van der Waals surface area contributed by atoms with Gasteiger partial charge in [0.2, 0.25) is 11.8 Å². The molecule has 0 bridgehead atoms. The molecule has 0 fully saturated rings. The van der Waals surface area contributed by atoms with Crippen molar-refractivity contribution >= 4 is 50.7 Å². The molecule has 0 aliphatic heterocycles. The summed E-state index contributed by atoms with van der Waals surface area (Å²) in [6, 6.07) is 17.0. The Morgan fingerprint density at radius 1 is 1.00 bits per heavy atom. The van der Waals surface area contributed by atoms with E-state index in [-0.39, 0.29) is 28.8 Å². The Morgan fingerprint density at radius 2 is 1.69 bits per heavy atom. The predicted octanol–water partition coefficient (Wildman–Crippen LogP) is 5.06. The molecule has 2 amide bonds. The van der Waals surface area contributed by atoms with Crippen molar-refractivity contribution in [3.8, 4) is 5.75 Å². The first-order valence-corrected chi connectivity index (χ1v) is 14.4. The topological polar surface area (TPSA) is 96.0 Å². The minimum Gasteiger partial charge on any atom is -0.495 e. The number of sulfonamides is 1. The molecule has 0 heterocycles. The third-order valence-corrected chi connectivity index (χ3v) is 8.70. The van der Waals surface area contributed by atoms with Gasteiger partial charge >= 0.3 is 0 Å². The van der Waals surface area contributed by atoms with Gasteiger partial charge in [0.05, 0.1) is 27.7 Å². The first-order valence-electron chi connectivity index (χ1n) is 12.2. The summed E-state index contributed by atoms with van der Waals surface area (Å²) in [7, 11) is -1.30. The summed E-state index contributed by atoms with van der Waals surface area (Å²) in [5, 5.41) is 3.24. The Hall–Kier alpha value is -3.27. The number of hydrogen-bond acceptors (Lipinski definition) is 5. The number of anilines is 1. The fourth-order valence-electron chi connectivity index (χ4n) is 4.15. The molecule has 0 aromatic heterocycles. The number of halogens is 2. The number of amides is 2. The summed E-state index contributed by atoms with van der Waals surface area (Å²) in [5.74, 6) is -0.682. The van der Waals surface area contributed by atoms with E-state index in [9.17, 15) is 18.0 Å². The number of nitrogens with one attached hydrogen (secondary N) is 1. The summed E-state index contributed by atoms with van der Waals surface area (Å²) in [5.41, 5.74) is 1.61. The normalized spacial score (nSPS) is 11.9. The highest BCUT2D eigenvalue weighted by molar-refractivity contribution is 7.92. The largest absolute Gasteiger partial charge is 0.495 e. The van der Waals surface area contributed by atoms with E-state index >= 15 is 0 Å². The van der Waals surface area contributed by atoms with Crippen LogP contribution >= 0.6 is 23.2 Å². The Bertz CT molecular complexity index is 1430. The van der Waals surface area contributed by atoms with E-state index in [2.05, 4.69) is 5.32 Å². The zero-order chi connectivity index (χ0) is 28.7. The van der Waals surface area contributed by atoms with Gasteiger partial charge in [-0.1, -0.05) is 60.5 Å². The van der Waals surface area contributed by atoms with E-state index < -0.39 is 28.5 Å². The monoisotopic (exact) mass is 591 g/mol. The zero-order valence-electron chi connectivity index (χ0n) is 22.1. The maximum Gasteiger partial charge on any atom is 0.264 e. The average molecular weight is 593 g/mol. The van der Waals surface area contributed by atoms with Crippen LogP contribution in [-0.2, 0) is 26.2 Å². The molecule has 0 radical (unpaired) electrons. The van der Waals surface area contributed by atoms with Crippen LogP contribution in [0.1, 0.15) is 24.5 Å². The lowest BCUT2D eigenvalue weighted by Gasteiger charge is -2.33. The second-order valence-electron chi connectivity index (χ2n) is 8.81. The zero-order valence-corrected chi connectivity index (χ0v) is 24.5. The lowest BCUT2D eigenvalue weighted by molar-refractivity contribution is -0.140. The summed E-state index contributed by atoms with van der Waals surface area (Å²) < 4.78 is 34.4. The maximum absolute atomic E-state index is 14.0. The van der Waals surface area contributed by atoms with Gasteiger partial charge in [-0.25, -0.2) is 8.42 Å². The highest BCUT2D eigenvalue weighted by Crippen LogP contribution is 2.34. The third-order valence-electron chi connectivity index (χ3n) is 6.18. The molecule has 8 nitrogen and oxygen atoms in total. The van der Waals surface area contributed by atoms with Crippen LogP contribution in [0.25, 0.3) is 0 Å². The number of likely N-dealkylation sites (N-methyl/N-ethyl adjacent to an activating group) is 1. The second kappa shape index (κ2) is 13.2. The highest BCUT2D eigenvalue weighted by atomic mass is 35.5. The molecule has 0 saturated heterocycles. The number of rotatable bonds is 11. The van der Waals surface area contributed by atoms with Crippen molar-refractivity contribution in [2.24, 2.45) is 0 Å². The molecule has 208 valence electrons. The number of ether oxygens (including phenoxy) is 1. The minimum absolute atomic E-state index is 0.00578. The van der Waals surface area contributed by atoms with Crippen molar-refractivity contribution in [3.63, 3.8) is 0 Å². The van der Waals surface area contributed by atoms with E-state index in [0.29, 0.717) is 22.0 Å². The molecule has 0 aliphatic rings. The van der Waals surface area contributed by atoms with Gasteiger partial charge < -0.3 is 15.0 Å². The molecule has 3 aromatic rings. The Morgan fingerprint density at radius 3 is 2.28 bits per heavy atom.